The second kappa shape index (κ2) is 10.9. The lowest BCUT2D eigenvalue weighted by Gasteiger charge is -2.22. The molecule has 10 heteroatoms. The summed E-state index contributed by atoms with van der Waals surface area (Å²) in [5.74, 6) is -2.48. The number of halogens is 2. The molecule has 3 aromatic heterocycles. The standard InChI is InChI=1S/C30H25F2N5O3/c1-16-8-24-27(37-30(16)40)20(15-35-24)13-26(38)36-25(11-17-9-21(31)14-22(32)10-17)28-23(6-3-7-34-28)18-4-2-5-19(12-18)29(33)39/h2-10,12,14-15,25,35H,11,13H2,1H3,(H2,33,39)(H,36,38)(H,37,40). The van der Waals surface area contributed by atoms with Crippen LogP contribution in [0.15, 0.2) is 77.9 Å². The molecule has 0 fully saturated rings. The molecule has 202 valence electrons. The Bertz CT molecular complexity index is 1790. The van der Waals surface area contributed by atoms with Crippen molar-refractivity contribution in [2.24, 2.45) is 5.73 Å². The van der Waals surface area contributed by atoms with Gasteiger partial charge >= 0.3 is 0 Å². The summed E-state index contributed by atoms with van der Waals surface area (Å²) in [4.78, 5) is 47.7. The monoisotopic (exact) mass is 541 g/mol. The van der Waals surface area contributed by atoms with Crippen molar-refractivity contribution in [2.75, 3.05) is 0 Å². The summed E-state index contributed by atoms with van der Waals surface area (Å²) in [6.07, 6.45) is 3.16. The van der Waals surface area contributed by atoms with E-state index in [0.29, 0.717) is 50.1 Å². The van der Waals surface area contributed by atoms with Crippen molar-refractivity contribution in [3.05, 3.63) is 123 Å². The Morgan fingerprint density at radius 2 is 1.82 bits per heavy atom. The van der Waals surface area contributed by atoms with Gasteiger partial charge in [0, 0.05) is 40.7 Å². The van der Waals surface area contributed by atoms with E-state index >= 15 is 0 Å². The molecular weight excluding hydrogens is 516 g/mol. The minimum Gasteiger partial charge on any atom is -0.366 e. The first-order chi connectivity index (χ1) is 19.2. The minimum atomic E-state index is -0.798. The van der Waals surface area contributed by atoms with Gasteiger partial charge in [0.1, 0.15) is 11.6 Å². The van der Waals surface area contributed by atoms with Gasteiger partial charge in [-0.15, -0.1) is 0 Å². The van der Waals surface area contributed by atoms with Crippen LogP contribution in [0.1, 0.15) is 38.8 Å². The van der Waals surface area contributed by atoms with Crippen LogP contribution in [0.25, 0.3) is 22.2 Å². The van der Waals surface area contributed by atoms with Gasteiger partial charge < -0.3 is 21.0 Å². The number of nitrogens with two attached hydrogens (primary N) is 1. The molecule has 0 spiro atoms. The Morgan fingerprint density at radius 1 is 1.05 bits per heavy atom. The Hall–Kier alpha value is -5.12. The largest absolute Gasteiger partial charge is 0.366 e. The molecule has 8 nitrogen and oxygen atoms in total. The van der Waals surface area contributed by atoms with Crippen LogP contribution in [0.3, 0.4) is 0 Å². The van der Waals surface area contributed by atoms with Crippen molar-refractivity contribution in [3.63, 3.8) is 0 Å². The number of fused-ring (bicyclic) bond motifs is 1. The minimum absolute atomic E-state index is 0.0316. The quantitative estimate of drug-likeness (QED) is 0.234. The fraction of sp³-hybridized carbons (Fsp3) is 0.133. The average molecular weight is 542 g/mol. The molecular formula is C30H25F2N5O3. The third kappa shape index (κ3) is 5.65. The number of carbonyl (C=O) groups excluding carboxylic acids is 2. The molecule has 0 saturated heterocycles. The Kier molecular flexibility index (Phi) is 7.24. The number of nitrogens with one attached hydrogen (secondary N) is 3. The molecule has 5 N–H and O–H groups in total. The van der Waals surface area contributed by atoms with Crippen molar-refractivity contribution < 1.29 is 18.4 Å². The van der Waals surface area contributed by atoms with Crippen LogP contribution in [0.5, 0.6) is 0 Å². The molecule has 0 aliphatic carbocycles. The number of aromatic amines is 2. The molecule has 3 heterocycles. The molecule has 0 aliphatic heterocycles. The molecule has 0 bridgehead atoms. The summed E-state index contributed by atoms with van der Waals surface area (Å²) in [6, 6.07) is 14.2. The highest BCUT2D eigenvalue weighted by Gasteiger charge is 2.23. The lowest BCUT2D eigenvalue weighted by atomic mass is 9.94. The van der Waals surface area contributed by atoms with E-state index in [1.54, 1.807) is 61.8 Å². The van der Waals surface area contributed by atoms with Crippen LogP contribution in [0.4, 0.5) is 8.78 Å². The molecule has 0 saturated carbocycles. The molecule has 5 aromatic rings. The number of H-pyrrole nitrogens is 2. The molecule has 2 aromatic carbocycles. The van der Waals surface area contributed by atoms with Crippen molar-refractivity contribution in [3.8, 4) is 11.1 Å². The zero-order valence-corrected chi connectivity index (χ0v) is 21.4. The predicted molar refractivity (Wildman–Crippen MR) is 146 cm³/mol. The fourth-order valence-electron chi connectivity index (χ4n) is 4.76. The van der Waals surface area contributed by atoms with Crippen molar-refractivity contribution in [2.45, 2.75) is 25.8 Å². The lowest BCUT2D eigenvalue weighted by Crippen LogP contribution is -2.32. The van der Waals surface area contributed by atoms with E-state index in [1.807, 2.05) is 0 Å². The number of rotatable bonds is 8. The van der Waals surface area contributed by atoms with Gasteiger partial charge in [-0.3, -0.25) is 19.4 Å². The van der Waals surface area contributed by atoms with Gasteiger partial charge in [0.05, 0.1) is 29.2 Å². The van der Waals surface area contributed by atoms with Gasteiger partial charge in [0.25, 0.3) is 5.56 Å². The first-order valence-electron chi connectivity index (χ1n) is 12.5. The summed E-state index contributed by atoms with van der Waals surface area (Å²) in [5, 5.41) is 2.95. The molecule has 40 heavy (non-hydrogen) atoms. The highest BCUT2D eigenvalue weighted by Crippen LogP contribution is 2.30. The van der Waals surface area contributed by atoms with E-state index in [0.717, 1.165) is 6.07 Å². The number of benzene rings is 2. The number of hydrogen-bond acceptors (Lipinski definition) is 4. The Balaban J connectivity index is 1.52. The molecule has 2 amide bonds. The summed E-state index contributed by atoms with van der Waals surface area (Å²) in [5.41, 5.74) is 9.84. The predicted octanol–water partition coefficient (Wildman–Crippen LogP) is 4.25. The maximum Gasteiger partial charge on any atom is 0.251 e. The maximum absolute atomic E-state index is 14.0. The van der Waals surface area contributed by atoms with Gasteiger partial charge in [-0.1, -0.05) is 18.2 Å². The number of aryl methyl sites for hydroxylation is 1. The Morgan fingerprint density at radius 3 is 2.58 bits per heavy atom. The van der Waals surface area contributed by atoms with E-state index in [4.69, 9.17) is 5.73 Å². The van der Waals surface area contributed by atoms with Gasteiger partial charge in [-0.25, -0.2) is 8.78 Å². The van der Waals surface area contributed by atoms with Gasteiger partial charge in [-0.2, -0.15) is 0 Å². The van der Waals surface area contributed by atoms with Crippen molar-refractivity contribution in [1.29, 1.82) is 0 Å². The van der Waals surface area contributed by atoms with E-state index in [-0.39, 0.29) is 18.4 Å². The van der Waals surface area contributed by atoms with E-state index in [2.05, 4.69) is 20.3 Å². The van der Waals surface area contributed by atoms with Crippen LogP contribution in [0, 0.1) is 18.6 Å². The van der Waals surface area contributed by atoms with Crippen molar-refractivity contribution >= 4 is 22.8 Å². The molecule has 1 atom stereocenters. The highest BCUT2D eigenvalue weighted by molar-refractivity contribution is 5.94. The smallest absolute Gasteiger partial charge is 0.251 e. The second-order valence-electron chi connectivity index (χ2n) is 9.54. The second-order valence-corrected chi connectivity index (χ2v) is 9.54. The SMILES string of the molecule is Cc1cc2[nH]cc(CC(=O)NC(Cc3cc(F)cc(F)c3)c3ncccc3-c3cccc(C(N)=O)c3)c2[nH]c1=O. The number of amides is 2. The molecule has 0 radical (unpaired) electrons. The first-order valence-corrected chi connectivity index (χ1v) is 12.5. The molecule has 0 aliphatic rings. The summed E-state index contributed by atoms with van der Waals surface area (Å²) in [7, 11) is 0. The number of pyridine rings is 2. The van der Waals surface area contributed by atoms with Crippen LogP contribution >= 0.6 is 0 Å². The van der Waals surface area contributed by atoms with E-state index < -0.39 is 29.5 Å². The zero-order valence-electron chi connectivity index (χ0n) is 21.4. The van der Waals surface area contributed by atoms with Crippen LogP contribution in [-0.4, -0.2) is 26.8 Å². The summed E-state index contributed by atoms with van der Waals surface area (Å²) < 4.78 is 28.1. The zero-order chi connectivity index (χ0) is 28.4. The van der Waals surface area contributed by atoms with Crippen molar-refractivity contribution in [1.82, 2.24) is 20.3 Å². The number of hydrogen-bond donors (Lipinski definition) is 4. The van der Waals surface area contributed by atoms with Crippen LogP contribution in [0.2, 0.25) is 0 Å². The van der Waals surface area contributed by atoms with Crippen LogP contribution in [-0.2, 0) is 17.6 Å². The number of primary amides is 1. The van der Waals surface area contributed by atoms with Gasteiger partial charge in [0.15, 0.2) is 0 Å². The summed E-state index contributed by atoms with van der Waals surface area (Å²) in [6.45, 7) is 1.69. The average Bonchev–Trinajstić information content (AvgIpc) is 3.28. The third-order valence-electron chi connectivity index (χ3n) is 6.62. The third-order valence-corrected chi connectivity index (χ3v) is 6.62. The van der Waals surface area contributed by atoms with Gasteiger partial charge in [-0.05, 0) is 60.9 Å². The highest BCUT2D eigenvalue weighted by atomic mass is 19.1. The fourth-order valence-corrected chi connectivity index (χ4v) is 4.76. The number of carbonyl (C=O) groups is 2. The lowest BCUT2D eigenvalue weighted by molar-refractivity contribution is -0.121. The molecule has 5 rings (SSSR count). The normalized spacial score (nSPS) is 11.9. The topological polar surface area (TPSA) is 134 Å². The number of nitrogens with zero attached hydrogens (tertiary/aromatic N) is 1. The van der Waals surface area contributed by atoms with E-state index in [9.17, 15) is 23.2 Å². The maximum atomic E-state index is 14.0. The van der Waals surface area contributed by atoms with Gasteiger partial charge in [0.2, 0.25) is 11.8 Å². The van der Waals surface area contributed by atoms with E-state index in [1.165, 1.54) is 12.1 Å². The Labute approximate surface area is 227 Å². The van der Waals surface area contributed by atoms with Crippen LogP contribution < -0.4 is 16.6 Å². The first kappa shape index (κ1) is 26.5. The summed E-state index contributed by atoms with van der Waals surface area (Å²) >= 11 is 0. The number of aromatic nitrogens is 3. The molecule has 1 unspecified atom stereocenters.